The monoisotopic (exact) mass is 467 g/mol. The van der Waals surface area contributed by atoms with Crippen LogP contribution in [0.3, 0.4) is 0 Å². The molecule has 0 aliphatic heterocycles. The van der Waals surface area contributed by atoms with Crippen LogP contribution in [-0.2, 0) is 11.4 Å². The van der Waals surface area contributed by atoms with E-state index < -0.39 is 0 Å². The fourth-order valence-corrected chi connectivity index (χ4v) is 3.17. The molecule has 0 radical (unpaired) electrons. The van der Waals surface area contributed by atoms with Gasteiger partial charge in [-0.3, -0.25) is 4.79 Å². The number of carbonyl (C=O) groups is 1. The van der Waals surface area contributed by atoms with E-state index in [-0.39, 0.29) is 18.3 Å². The molecule has 0 fully saturated rings. The van der Waals surface area contributed by atoms with Gasteiger partial charge < -0.3 is 15.9 Å². The number of hydrogen-bond donors (Lipinski definition) is 2. The topological polar surface area (TPSA) is 95.1 Å². The zero-order chi connectivity index (χ0) is 19.2. The summed E-state index contributed by atoms with van der Waals surface area (Å²) >= 11 is 10.5. The van der Waals surface area contributed by atoms with Crippen molar-refractivity contribution in [2.75, 3.05) is 16.9 Å². The van der Waals surface area contributed by atoms with Crippen molar-refractivity contribution in [3.05, 3.63) is 63.9 Å². The maximum absolute atomic E-state index is 12.1. The van der Waals surface area contributed by atoms with E-state index in [1.54, 1.807) is 18.2 Å². The average molecular weight is 469 g/mol. The molecule has 1 amide bonds. The van der Waals surface area contributed by atoms with Gasteiger partial charge in [0.1, 0.15) is 12.4 Å². The summed E-state index contributed by atoms with van der Waals surface area (Å²) in [7, 11) is 0. The van der Waals surface area contributed by atoms with Crippen molar-refractivity contribution in [1.29, 1.82) is 0 Å². The lowest BCUT2D eigenvalue weighted by Gasteiger charge is -2.07. The largest absolute Gasteiger partial charge is 0.486 e. The molecule has 140 valence electrons. The molecule has 0 bridgehead atoms. The highest BCUT2D eigenvalue weighted by atomic mass is 79.9. The molecule has 0 atom stereocenters. The molecule has 0 aliphatic rings. The molecule has 3 rings (SSSR count). The van der Waals surface area contributed by atoms with Gasteiger partial charge in [-0.05, 0) is 46.3 Å². The minimum atomic E-state index is -0.205. The lowest BCUT2D eigenvalue weighted by atomic mass is 10.3. The van der Waals surface area contributed by atoms with E-state index in [1.807, 2.05) is 30.3 Å². The molecule has 3 N–H and O–H groups in total. The zero-order valence-electron chi connectivity index (χ0n) is 13.9. The van der Waals surface area contributed by atoms with Gasteiger partial charge in [0.2, 0.25) is 11.1 Å². The van der Waals surface area contributed by atoms with E-state index >= 15 is 0 Å². The molecule has 1 aromatic heterocycles. The number of halogens is 2. The van der Waals surface area contributed by atoms with Crippen LogP contribution in [0.2, 0.25) is 5.02 Å². The Morgan fingerprint density at radius 1 is 1.26 bits per heavy atom. The number of benzene rings is 2. The highest BCUT2D eigenvalue weighted by Crippen LogP contribution is 2.25. The third kappa shape index (κ3) is 5.38. The van der Waals surface area contributed by atoms with E-state index in [9.17, 15) is 4.79 Å². The van der Waals surface area contributed by atoms with E-state index in [0.29, 0.717) is 27.4 Å². The van der Waals surface area contributed by atoms with E-state index in [4.69, 9.17) is 22.2 Å². The average Bonchev–Trinajstić information content (AvgIpc) is 3.02. The van der Waals surface area contributed by atoms with Gasteiger partial charge in [0.05, 0.1) is 10.8 Å². The van der Waals surface area contributed by atoms with Gasteiger partial charge in [-0.25, -0.2) is 4.68 Å². The first-order valence-electron chi connectivity index (χ1n) is 7.78. The van der Waals surface area contributed by atoms with Gasteiger partial charge in [-0.1, -0.05) is 41.6 Å². The second-order valence-electron chi connectivity index (χ2n) is 5.34. The lowest BCUT2D eigenvalue weighted by Crippen LogP contribution is -2.18. The Balaban J connectivity index is 1.52. The molecule has 0 saturated carbocycles. The number of rotatable bonds is 7. The third-order valence-corrected chi connectivity index (χ3v) is 5.56. The van der Waals surface area contributed by atoms with Crippen LogP contribution in [0.25, 0.3) is 0 Å². The van der Waals surface area contributed by atoms with Crippen LogP contribution >= 0.6 is 39.3 Å². The first-order valence-corrected chi connectivity index (χ1v) is 9.93. The standard InChI is InChI=1S/C17H15BrClN5O2S/c18-13-7-6-11(8-14(13)19)21-16(25)10-27-17-23-22-15(24(17)20)9-26-12-4-2-1-3-5-12/h1-8H,9-10,20H2,(H,21,25). The normalized spacial score (nSPS) is 10.6. The Bertz CT molecular complexity index is 938. The van der Waals surface area contributed by atoms with Gasteiger partial charge in [0, 0.05) is 10.2 Å². The Kier molecular flexibility index (Phi) is 6.59. The molecule has 27 heavy (non-hydrogen) atoms. The summed E-state index contributed by atoms with van der Waals surface area (Å²) in [4.78, 5) is 12.1. The Labute approximate surface area is 173 Å². The van der Waals surface area contributed by atoms with Crippen LogP contribution in [0.1, 0.15) is 5.82 Å². The van der Waals surface area contributed by atoms with Crippen LogP contribution in [0.4, 0.5) is 5.69 Å². The van der Waals surface area contributed by atoms with Crippen molar-refractivity contribution in [3.63, 3.8) is 0 Å². The number of nitrogens with zero attached hydrogens (tertiary/aromatic N) is 3. The van der Waals surface area contributed by atoms with Gasteiger partial charge in [0.25, 0.3) is 0 Å². The van der Waals surface area contributed by atoms with Crippen molar-refractivity contribution in [2.45, 2.75) is 11.8 Å². The van der Waals surface area contributed by atoms with Crippen molar-refractivity contribution < 1.29 is 9.53 Å². The first-order chi connectivity index (χ1) is 13.0. The summed E-state index contributed by atoms with van der Waals surface area (Å²) in [6, 6.07) is 14.5. The third-order valence-electron chi connectivity index (χ3n) is 3.38. The van der Waals surface area contributed by atoms with E-state index in [0.717, 1.165) is 4.47 Å². The van der Waals surface area contributed by atoms with Crippen LogP contribution in [0.5, 0.6) is 5.75 Å². The van der Waals surface area contributed by atoms with Crippen molar-refractivity contribution >= 4 is 50.9 Å². The maximum atomic E-state index is 12.1. The minimum Gasteiger partial charge on any atom is -0.486 e. The molecule has 0 aliphatic carbocycles. The molecule has 1 heterocycles. The Morgan fingerprint density at radius 3 is 2.78 bits per heavy atom. The maximum Gasteiger partial charge on any atom is 0.234 e. The number of thioether (sulfide) groups is 1. The number of carbonyl (C=O) groups excluding carboxylic acids is 1. The second kappa shape index (κ2) is 9.12. The van der Waals surface area contributed by atoms with Crippen molar-refractivity contribution in [1.82, 2.24) is 14.9 Å². The number of anilines is 1. The van der Waals surface area contributed by atoms with Crippen molar-refractivity contribution in [3.8, 4) is 5.75 Å². The molecule has 10 heteroatoms. The molecular weight excluding hydrogens is 454 g/mol. The van der Waals surface area contributed by atoms with Gasteiger partial charge in [0.15, 0.2) is 5.82 Å². The number of nitrogens with one attached hydrogen (secondary N) is 1. The summed E-state index contributed by atoms with van der Waals surface area (Å²) in [6.45, 7) is 0.178. The highest BCUT2D eigenvalue weighted by molar-refractivity contribution is 9.10. The predicted molar refractivity (Wildman–Crippen MR) is 109 cm³/mol. The predicted octanol–water partition coefficient (Wildman–Crippen LogP) is 3.72. The summed E-state index contributed by atoms with van der Waals surface area (Å²) in [6.07, 6.45) is 0. The Morgan fingerprint density at radius 2 is 2.04 bits per heavy atom. The molecule has 2 aromatic carbocycles. The molecule has 3 aromatic rings. The van der Waals surface area contributed by atoms with Crippen molar-refractivity contribution in [2.24, 2.45) is 0 Å². The fraction of sp³-hybridized carbons (Fsp3) is 0.118. The first kappa shape index (κ1) is 19.5. The number of nitrogen functional groups attached to an aromatic ring is 1. The Hall–Kier alpha value is -2.23. The quantitative estimate of drug-likeness (QED) is 0.405. The summed E-state index contributed by atoms with van der Waals surface area (Å²) in [5.41, 5.74) is 0.611. The number of para-hydroxylation sites is 1. The smallest absolute Gasteiger partial charge is 0.234 e. The van der Waals surface area contributed by atoms with Crippen LogP contribution in [0, 0.1) is 0 Å². The molecular formula is C17H15BrClN5O2S. The minimum absolute atomic E-state index is 0.128. The molecule has 0 saturated heterocycles. The van der Waals surface area contributed by atoms with Crippen LogP contribution < -0.4 is 15.9 Å². The van der Waals surface area contributed by atoms with E-state index in [2.05, 4.69) is 31.4 Å². The van der Waals surface area contributed by atoms with E-state index in [1.165, 1.54) is 16.4 Å². The number of amides is 1. The molecule has 7 nitrogen and oxygen atoms in total. The SMILES string of the molecule is Nn1c(COc2ccccc2)nnc1SCC(=O)Nc1ccc(Br)c(Cl)c1. The number of aromatic nitrogens is 3. The fourth-order valence-electron chi connectivity index (χ4n) is 2.07. The summed E-state index contributed by atoms with van der Waals surface area (Å²) in [5.74, 6) is 7.07. The number of hydrogen-bond acceptors (Lipinski definition) is 6. The molecule has 0 unspecified atom stereocenters. The van der Waals surface area contributed by atoms with Crippen LogP contribution in [0.15, 0.2) is 58.2 Å². The highest BCUT2D eigenvalue weighted by Gasteiger charge is 2.13. The zero-order valence-corrected chi connectivity index (χ0v) is 17.1. The number of ether oxygens (including phenoxy) is 1. The molecule has 0 spiro atoms. The van der Waals surface area contributed by atoms with Gasteiger partial charge >= 0.3 is 0 Å². The second-order valence-corrected chi connectivity index (χ2v) is 7.54. The summed E-state index contributed by atoms with van der Waals surface area (Å²) < 4.78 is 7.68. The van der Waals surface area contributed by atoms with Crippen LogP contribution in [-0.4, -0.2) is 26.5 Å². The lowest BCUT2D eigenvalue weighted by molar-refractivity contribution is -0.113. The van der Waals surface area contributed by atoms with Gasteiger partial charge in [-0.15, -0.1) is 10.2 Å². The van der Waals surface area contributed by atoms with Gasteiger partial charge in [-0.2, -0.15) is 0 Å². The number of nitrogens with two attached hydrogens (primary N) is 1. The summed E-state index contributed by atoms with van der Waals surface area (Å²) in [5, 5.41) is 11.7.